The van der Waals surface area contributed by atoms with Crippen LogP contribution in [0.4, 0.5) is 5.69 Å². The first kappa shape index (κ1) is 13.4. The minimum absolute atomic E-state index is 0.103. The molecule has 0 fully saturated rings. The molecule has 0 saturated heterocycles. The molecule has 1 aromatic carbocycles. The Bertz CT molecular complexity index is 560. The Balaban J connectivity index is 2.29. The number of nitrogens with zero attached hydrogens (tertiary/aromatic N) is 2. The van der Waals surface area contributed by atoms with Crippen molar-refractivity contribution in [1.82, 2.24) is 4.98 Å². The highest BCUT2D eigenvalue weighted by Crippen LogP contribution is 2.22. The third-order valence-corrected chi connectivity index (χ3v) is 2.83. The largest absolute Gasteiger partial charge is 0.508 e. The van der Waals surface area contributed by atoms with Crippen molar-refractivity contribution in [2.45, 2.75) is 6.54 Å². The van der Waals surface area contributed by atoms with Crippen LogP contribution in [0.2, 0.25) is 0 Å². The fraction of sp³-hybridized carbons (Fsp3) is 0.143. The van der Waals surface area contributed by atoms with Crippen LogP contribution in [0.1, 0.15) is 5.69 Å². The molecule has 19 heavy (non-hydrogen) atoms. The Hall–Kier alpha value is -2.07. The minimum atomic E-state index is -0.238. The molecule has 2 rings (SSSR count). The van der Waals surface area contributed by atoms with Crippen LogP contribution in [0.15, 0.2) is 48.7 Å². The Labute approximate surface area is 116 Å². The number of carbonyl (C=O) groups excluding carboxylic acids is 1. The number of hydrogen-bond acceptors (Lipinski definition) is 3. The lowest BCUT2D eigenvalue weighted by atomic mass is 10.2. The van der Waals surface area contributed by atoms with E-state index in [9.17, 15) is 9.90 Å². The number of benzene rings is 1. The van der Waals surface area contributed by atoms with E-state index < -0.39 is 0 Å². The number of phenols is 1. The monoisotopic (exact) mass is 276 g/mol. The van der Waals surface area contributed by atoms with Crippen LogP contribution in [0.25, 0.3) is 0 Å². The summed E-state index contributed by atoms with van der Waals surface area (Å²) in [5.74, 6) is -0.258. The Morgan fingerprint density at radius 2 is 2.11 bits per heavy atom. The number of halogens is 1. The van der Waals surface area contributed by atoms with Gasteiger partial charge in [0.2, 0.25) is 5.91 Å². The van der Waals surface area contributed by atoms with Gasteiger partial charge in [0.15, 0.2) is 0 Å². The third-order valence-electron chi connectivity index (χ3n) is 2.60. The van der Waals surface area contributed by atoms with E-state index >= 15 is 0 Å². The van der Waals surface area contributed by atoms with Crippen molar-refractivity contribution in [2.24, 2.45) is 0 Å². The Kier molecular flexibility index (Phi) is 4.36. The van der Waals surface area contributed by atoms with Gasteiger partial charge in [0, 0.05) is 18.0 Å². The second-order valence-electron chi connectivity index (χ2n) is 3.95. The summed E-state index contributed by atoms with van der Waals surface area (Å²) >= 11 is 5.63. The fourth-order valence-electron chi connectivity index (χ4n) is 1.71. The molecule has 0 atom stereocenters. The summed E-state index contributed by atoms with van der Waals surface area (Å²) in [5, 5.41) is 9.50. The average Bonchev–Trinajstić information content (AvgIpc) is 2.45. The topological polar surface area (TPSA) is 53.4 Å². The zero-order chi connectivity index (χ0) is 13.7. The Morgan fingerprint density at radius 1 is 1.26 bits per heavy atom. The van der Waals surface area contributed by atoms with Gasteiger partial charge in [-0.05, 0) is 24.3 Å². The number of amides is 1. The molecular weight excluding hydrogens is 264 g/mol. The standard InChI is InChI=1S/C14H13ClN2O2/c15-9-14(19)17(10-11-4-1-2-7-16-11)12-5-3-6-13(18)8-12/h1-8,18H,9-10H2. The van der Waals surface area contributed by atoms with Gasteiger partial charge in [0.25, 0.3) is 0 Å². The zero-order valence-electron chi connectivity index (χ0n) is 10.2. The number of hydrogen-bond donors (Lipinski definition) is 1. The molecule has 1 amide bonds. The molecule has 1 N–H and O–H groups in total. The number of phenolic OH excluding ortho intramolecular Hbond substituents is 1. The van der Waals surface area contributed by atoms with Crippen molar-refractivity contribution in [1.29, 1.82) is 0 Å². The maximum absolute atomic E-state index is 11.9. The highest BCUT2D eigenvalue weighted by Gasteiger charge is 2.16. The molecule has 0 unspecified atom stereocenters. The quantitative estimate of drug-likeness (QED) is 0.873. The van der Waals surface area contributed by atoms with Crippen molar-refractivity contribution in [3.63, 3.8) is 0 Å². The summed E-state index contributed by atoms with van der Waals surface area (Å²) in [5.41, 5.74) is 1.35. The lowest BCUT2D eigenvalue weighted by Crippen LogP contribution is -2.31. The smallest absolute Gasteiger partial charge is 0.242 e. The van der Waals surface area contributed by atoms with Crippen LogP contribution in [0, 0.1) is 0 Å². The van der Waals surface area contributed by atoms with Crippen LogP contribution in [0.5, 0.6) is 5.75 Å². The van der Waals surface area contributed by atoms with Crippen LogP contribution in [0.3, 0.4) is 0 Å². The van der Waals surface area contributed by atoms with Gasteiger partial charge in [0.05, 0.1) is 12.2 Å². The van der Waals surface area contributed by atoms with Gasteiger partial charge in [-0.3, -0.25) is 9.78 Å². The Morgan fingerprint density at radius 3 is 2.74 bits per heavy atom. The average molecular weight is 277 g/mol. The number of pyridine rings is 1. The van der Waals surface area contributed by atoms with Gasteiger partial charge in [-0.15, -0.1) is 11.6 Å². The molecule has 0 aliphatic heterocycles. The fourth-order valence-corrected chi connectivity index (χ4v) is 1.85. The number of aromatic hydroxyl groups is 1. The molecule has 0 aliphatic carbocycles. The molecule has 0 aliphatic rings. The predicted octanol–water partition coefficient (Wildman–Crippen LogP) is 2.56. The molecule has 0 saturated carbocycles. The van der Waals surface area contributed by atoms with E-state index in [0.717, 1.165) is 5.69 Å². The summed E-state index contributed by atoms with van der Waals surface area (Å²) in [6, 6.07) is 12.0. The van der Waals surface area contributed by atoms with Gasteiger partial charge in [-0.25, -0.2) is 0 Å². The van der Waals surface area contributed by atoms with E-state index in [1.165, 1.54) is 11.0 Å². The molecular formula is C14H13ClN2O2. The normalized spacial score (nSPS) is 10.2. The SMILES string of the molecule is O=C(CCl)N(Cc1ccccn1)c1cccc(O)c1. The first-order valence-electron chi connectivity index (χ1n) is 5.76. The third kappa shape index (κ3) is 3.45. The van der Waals surface area contributed by atoms with Crippen LogP contribution >= 0.6 is 11.6 Å². The first-order chi connectivity index (χ1) is 9.20. The molecule has 0 bridgehead atoms. The predicted molar refractivity (Wildman–Crippen MR) is 74.3 cm³/mol. The molecule has 0 radical (unpaired) electrons. The summed E-state index contributed by atoms with van der Waals surface area (Å²) < 4.78 is 0. The lowest BCUT2D eigenvalue weighted by molar-refractivity contribution is -0.116. The van der Waals surface area contributed by atoms with E-state index in [2.05, 4.69) is 4.98 Å². The molecule has 98 valence electrons. The zero-order valence-corrected chi connectivity index (χ0v) is 10.9. The van der Waals surface area contributed by atoms with E-state index in [1.807, 2.05) is 18.2 Å². The van der Waals surface area contributed by atoms with Crippen LogP contribution in [-0.4, -0.2) is 21.9 Å². The summed E-state index contributed by atoms with van der Waals surface area (Å²) in [4.78, 5) is 17.6. The maximum Gasteiger partial charge on any atom is 0.242 e. The van der Waals surface area contributed by atoms with Gasteiger partial charge in [-0.1, -0.05) is 12.1 Å². The van der Waals surface area contributed by atoms with Crippen LogP contribution in [-0.2, 0) is 11.3 Å². The van der Waals surface area contributed by atoms with Gasteiger partial charge in [-0.2, -0.15) is 0 Å². The van der Waals surface area contributed by atoms with Crippen molar-refractivity contribution in [3.05, 3.63) is 54.4 Å². The minimum Gasteiger partial charge on any atom is -0.508 e. The molecule has 4 nitrogen and oxygen atoms in total. The number of alkyl halides is 1. The molecule has 1 heterocycles. The number of anilines is 1. The molecule has 2 aromatic rings. The molecule has 5 heteroatoms. The maximum atomic E-state index is 11.9. The van der Waals surface area contributed by atoms with E-state index in [4.69, 9.17) is 11.6 Å². The number of rotatable bonds is 4. The van der Waals surface area contributed by atoms with Gasteiger partial charge >= 0.3 is 0 Å². The summed E-state index contributed by atoms with van der Waals surface area (Å²) in [6.07, 6.45) is 1.67. The van der Waals surface area contributed by atoms with E-state index in [-0.39, 0.29) is 17.5 Å². The van der Waals surface area contributed by atoms with Crippen molar-refractivity contribution < 1.29 is 9.90 Å². The lowest BCUT2D eigenvalue weighted by Gasteiger charge is -2.21. The molecule has 0 spiro atoms. The van der Waals surface area contributed by atoms with Crippen molar-refractivity contribution in [3.8, 4) is 5.75 Å². The first-order valence-corrected chi connectivity index (χ1v) is 6.29. The van der Waals surface area contributed by atoms with E-state index in [1.54, 1.807) is 24.4 Å². The number of aromatic nitrogens is 1. The number of carbonyl (C=O) groups is 1. The van der Waals surface area contributed by atoms with Crippen LogP contribution < -0.4 is 4.90 Å². The van der Waals surface area contributed by atoms with Gasteiger partial charge < -0.3 is 10.0 Å². The van der Waals surface area contributed by atoms with Gasteiger partial charge in [0.1, 0.15) is 11.6 Å². The molecule has 1 aromatic heterocycles. The van der Waals surface area contributed by atoms with Crippen molar-refractivity contribution in [2.75, 3.05) is 10.8 Å². The second-order valence-corrected chi connectivity index (χ2v) is 4.22. The second kappa shape index (κ2) is 6.20. The summed E-state index contributed by atoms with van der Waals surface area (Å²) in [6.45, 7) is 0.315. The van der Waals surface area contributed by atoms with E-state index in [0.29, 0.717) is 12.2 Å². The summed E-state index contributed by atoms with van der Waals surface area (Å²) in [7, 11) is 0. The highest BCUT2D eigenvalue weighted by molar-refractivity contribution is 6.29. The highest BCUT2D eigenvalue weighted by atomic mass is 35.5. The van der Waals surface area contributed by atoms with Crippen molar-refractivity contribution >= 4 is 23.2 Å².